The molecule has 0 bridgehead atoms. The number of hydroxylamine groups is 2. The van der Waals surface area contributed by atoms with Gasteiger partial charge in [0.25, 0.3) is 0 Å². The minimum atomic E-state index is -0.716. The van der Waals surface area contributed by atoms with E-state index in [9.17, 15) is 9.90 Å². The number of aliphatic carboxylic acids is 1. The van der Waals surface area contributed by atoms with Gasteiger partial charge in [0, 0.05) is 13.0 Å². The molecule has 0 aromatic rings. The second-order valence-electron chi connectivity index (χ2n) is 7.64. The highest BCUT2D eigenvalue weighted by Gasteiger charge is 2.36. The van der Waals surface area contributed by atoms with Gasteiger partial charge >= 0.3 is 5.97 Å². The lowest BCUT2D eigenvalue weighted by molar-refractivity contribution is -0.483. The first kappa shape index (κ1) is 20.8. The smallest absolute Gasteiger partial charge is 0.306 e. The molecule has 1 heterocycles. The number of nitrogens with one attached hydrogen (secondary N) is 1. The molecule has 0 aromatic carbocycles. The van der Waals surface area contributed by atoms with E-state index in [4.69, 9.17) is 9.88 Å². The number of carbonyl (C=O) groups is 1. The van der Waals surface area contributed by atoms with Crippen LogP contribution >= 0.6 is 0 Å². The molecule has 2 rings (SSSR count). The van der Waals surface area contributed by atoms with Crippen LogP contribution in [-0.4, -0.2) is 35.6 Å². The zero-order valence-corrected chi connectivity index (χ0v) is 16.1. The van der Waals surface area contributed by atoms with Crippen molar-refractivity contribution in [1.82, 2.24) is 10.4 Å². The Morgan fingerprint density at radius 1 is 1.42 bits per heavy atom. The molecule has 4 unspecified atom stereocenters. The van der Waals surface area contributed by atoms with Crippen molar-refractivity contribution < 1.29 is 19.8 Å². The van der Waals surface area contributed by atoms with Gasteiger partial charge in [-0.25, -0.2) is 0 Å². The van der Waals surface area contributed by atoms with Crippen LogP contribution < -0.4 is 5.32 Å². The van der Waals surface area contributed by atoms with Gasteiger partial charge in [0.2, 0.25) is 0 Å². The molecule has 1 saturated carbocycles. The van der Waals surface area contributed by atoms with Gasteiger partial charge in [0.15, 0.2) is 0 Å². The monoisotopic (exact) mass is 364 g/mol. The van der Waals surface area contributed by atoms with E-state index < -0.39 is 5.97 Å². The Hall–Kier alpha value is -1.47. The van der Waals surface area contributed by atoms with Gasteiger partial charge in [-0.05, 0) is 37.2 Å². The summed E-state index contributed by atoms with van der Waals surface area (Å²) in [4.78, 5) is 22.1. The molecule has 6 nitrogen and oxygen atoms in total. The number of nitrogens with zero attached hydrogens (tertiary/aromatic N) is 1. The first-order chi connectivity index (χ1) is 12.4. The molecule has 146 valence electrons. The number of hydrogen-bond donors (Lipinski definition) is 2. The summed E-state index contributed by atoms with van der Waals surface area (Å²) in [7, 11) is 1.80. The van der Waals surface area contributed by atoms with E-state index in [1.165, 1.54) is 5.57 Å². The number of rotatable bonds is 7. The van der Waals surface area contributed by atoms with Gasteiger partial charge in [-0.15, -0.1) is 10.1 Å². The fraction of sp³-hybridized carbons (Fsp3) is 0.650. The minimum absolute atomic E-state index is 0.134. The van der Waals surface area contributed by atoms with E-state index in [1.54, 1.807) is 12.1 Å². The Balaban J connectivity index is 1.96. The van der Waals surface area contributed by atoms with Crippen LogP contribution in [0.25, 0.3) is 0 Å². The average Bonchev–Trinajstić information content (AvgIpc) is 2.62. The number of carboxylic acid groups (broad SMARTS) is 1. The van der Waals surface area contributed by atoms with Crippen molar-refractivity contribution in [3.05, 3.63) is 36.5 Å². The fourth-order valence-electron chi connectivity index (χ4n) is 3.56. The van der Waals surface area contributed by atoms with Crippen molar-refractivity contribution in [3.8, 4) is 0 Å². The molecule has 6 heteroatoms. The van der Waals surface area contributed by atoms with Crippen molar-refractivity contribution >= 4 is 5.97 Å². The molecule has 4 atom stereocenters. The second-order valence-corrected chi connectivity index (χ2v) is 7.64. The molecule has 2 aliphatic rings. The van der Waals surface area contributed by atoms with E-state index in [0.717, 1.165) is 25.7 Å². The van der Waals surface area contributed by atoms with Crippen molar-refractivity contribution in [2.45, 2.75) is 58.3 Å². The van der Waals surface area contributed by atoms with Crippen molar-refractivity contribution in [3.63, 3.8) is 0 Å². The van der Waals surface area contributed by atoms with Crippen molar-refractivity contribution in [2.75, 3.05) is 7.05 Å². The summed E-state index contributed by atoms with van der Waals surface area (Å²) in [6, 6.07) is 0. The summed E-state index contributed by atoms with van der Waals surface area (Å²) in [6.07, 6.45) is 11.7. The molecule has 1 aliphatic heterocycles. The lowest BCUT2D eigenvalue weighted by Gasteiger charge is -2.40. The molecule has 26 heavy (non-hydrogen) atoms. The van der Waals surface area contributed by atoms with Crippen LogP contribution in [-0.2, 0) is 14.7 Å². The maximum absolute atomic E-state index is 11.3. The molecular weight excluding hydrogens is 332 g/mol. The molecule has 1 saturated heterocycles. The van der Waals surface area contributed by atoms with Crippen LogP contribution in [0.15, 0.2) is 36.5 Å². The summed E-state index contributed by atoms with van der Waals surface area (Å²) in [5.41, 5.74) is 1.19. The van der Waals surface area contributed by atoms with Gasteiger partial charge in [0.1, 0.15) is 12.4 Å². The average molecular weight is 364 g/mol. The Morgan fingerprint density at radius 2 is 2.19 bits per heavy atom. The van der Waals surface area contributed by atoms with E-state index in [0.29, 0.717) is 12.3 Å². The lowest BCUT2D eigenvalue weighted by Crippen LogP contribution is -2.56. The van der Waals surface area contributed by atoms with Gasteiger partial charge in [-0.3, -0.25) is 10.1 Å². The topological polar surface area (TPSA) is 71.0 Å². The number of carboxylic acids is 1. The van der Waals surface area contributed by atoms with Gasteiger partial charge < -0.3 is 5.11 Å². The third kappa shape index (κ3) is 6.06. The SMILES string of the molecule is C=C/C(=C\C=C\C1NC(C2CCCC(C(=O)O)C2)OON1C)CC(C)C. The van der Waals surface area contributed by atoms with Crippen LogP contribution in [0.4, 0.5) is 0 Å². The van der Waals surface area contributed by atoms with E-state index in [-0.39, 0.29) is 24.2 Å². The largest absolute Gasteiger partial charge is 0.481 e. The number of allylic oxidation sites excluding steroid dienone is 4. The first-order valence-electron chi connectivity index (χ1n) is 9.45. The summed E-state index contributed by atoms with van der Waals surface area (Å²) in [5.74, 6) is -0.290. The summed E-state index contributed by atoms with van der Waals surface area (Å²) >= 11 is 0. The highest BCUT2D eigenvalue weighted by Crippen LogP contribution is 2.33. The zero-order valence-electron chi connectivity index (χ0n) is 16.1. The van der Waals surface area contributed by atoms with E-state index in [1.807, 2.05) is 18.2 Å². The minimum Gasteiger partial charge on any atom is -0.481 e. The van der Waals surface area contributed by atoms with Crippen LogP contribution in [0.3, 0.4) is 0 Å². The quantitative estimate of drug-likeness (QED) is 0.531. The summed E-state index contributed by atoms with van der Waals surface area (Å²) in [6.45, 7) is 8.23. The maximum atomic E-state index is 11.3. The van der Waals surface area contributed by atoms with Crippen LogP contribution in [0.5, 0.6) is 0 Å². The Morgan fingerprint density at radius 3 is 2.85 bits per heavy atom. The van der Waals surface area contributed by atoms with Gasteiger partial charge in [0.05, 0.1) is 5.92 Å². The Bertz CT molecular complexity index is 544. The molecule has 0 spiro atoms. The van der Waals surface area contributed by atoms with Gasteiger partial charge in [-0.1, -0.05) is 51.2 Å². The Kier molecular flexibility index (Phi) is 8.03. The first-order valence-corrected chi connectivity index (χ1v) is 9.45. The molecule has 0 radical (unpaired) electrons. The number of hydrogen-bond acceptors (Lipinski definition) is 5. The molecule has 0 amide bonds. The van der Waals surface area contributed by atoms with Crippen LogP contribution in [0.1, 0.15) is 46.0 Å². The predicted molar refractivity (Wildman–Crippen MR) is 101 cm³/mol. The highest BCUT2D eigenvalue weighted by molar-refractivity contribution is 5.70. The summed E-state index contributed by atoms with van der Waals surface area (Å²) in [5, 5.41) is 14.3. The van der Waals surface area contributed by atoms with Crippen LogP contribution in [0, 0.1) is 17.8 Å². The van der Waals surface area contributed by atoms with Crippen LogP contribution in [0.2, 0.25) is 0 Å². The second kappa shape index (κ2) is 10.0. The van der Waals surface area contributed by atoms with E-state index >= 15 is 0 Å². The molecule has 1 aliphatic carbocycles. The third-order valence-electron chi connectivity index (χ3n) is 4.99. The third-order valence-corrected chi connectivity index (χ3v) is 4.99. The molecule has 0 aromatic heterocycles. The molecule has 2 N–H and O–H groups in total. The lowest BCUT2D eigenvalue weighted by atomic mass is 9.80. The highest BCUT2D eigenvalue weighted by atomic mass is 17.3. The number of likely N-dealkylation sites (N-methyl/N-ethyl adjacent to an activating group) is 1. The van der Waals surface area contributed by atoms with E-state index in [2.05, 4.69) is 31.8 Å². The zero-order chi connectivity index (χ0) is 19.1. The predicted octanol–water partition coefficient (Wildman–Crippen LogP) is 3.64. The van der Waals surface area contributed by atoms with Crippen molar-refractivity contribution in [1.29, 1.82) is 0 Å². The fourth-order valence-corrected chi connectivity index (χ4v) is 3.56. The molecular formula is C20H32N2O4. The molecule has 2 fully saturated rings. The Labute approximate surface area is 156 Å². The standard InChI is InChI=1S/C20H32N2O4/c1-5-15(12-14(2)3)8-6-11-18-21-19(25-26-22(18)4)16-9-7-10-17(13-16)20(23)24/h5-6,8,11,14,16-19,21H,1,7,9-10,12-13H2,2-4H3,(H,23,24)/b11-6+,15-8+. The van der Waals surface area contributed by atoms with Gasteiger partial charge in [-0.2, -0.15) is 4.89 Å². The summed E-state index contributed by atoms with van der Waals surface area (Å²) < 4.78 is 0. The maximum Gasteiger partial charge on any atom is 0.306 e. The van der Waals surface area contributed by atoms with Crippen molar-refractivity contribution in [2.24, 2.45) is 17.8 Å². The normalized spacial score (nSPS) is 31.5.